The number of amides is 1. The fraction of sp³-hybridized carbons (Fsp3) is 0.250. The zero-order chi connectivity index (χ0) is 22.2. The van der Waals surface area contributed by atoms with E-state index >= 15 is 0 Å². The van der Waals surface area contributed by atoms with Gasteiger partial charge < -0.3 is 14.8 Å². The number of benzene rings is 2. The lowest BCUT2D eigenvalue weighted by atomic mass is 10.0. The molecule has 1 N–H and O–H groups in total. The summed E-state index contributed by atoms with van der Waals surface area (Å²) in [6.07, 6.45) is 0.813. The van der Waals surface area contributed by atoms with E-state index in [1.165, 1.54) is 11.3 Å². The Labute approximate surface area is 191 Å². The Morgan fingerprint density at radius 3 is 2.61 bits per heavy atom. The van der Waals surface area contributed by atoms with Crippen LogP contribution in [0, 0.1) is 6.92 Å². The Morgan fingerprint density at radius 2 is 1.90 bits per heavy atom. The largest absolute Gasteiger partial charge is 0.493 e. The second-order valence-corrected chi connectivity index (χ2v) is 8.17. The van der Waals surface area contributed by atoms with Crippen LogP contribution in [0.4, 0.5) is 5.00 Å². The van der Waals surface area contributed by atoms with Crippen LogP contribution >= 0.6 is 22.9 Å². The predicted octanol–water partition coefficient (Wildman–Crippen LogP) is 6.35. The van der Waals surface area contributed by atoms with Crippen LogP contribution in [0.1, 0.15) is 35.7 Å². The fourth-order valence-corrected chi connectivity index (χ4v) is 4.26. The molecule has 0 aliphatic rings. The molecule has 0 aliphatic heterocycles. The second-order valence-electron chi connectivity index (χ2n) is 6.85. The summed E-state index contributed by atoms with van der Waals surface area (Å²) in [6.45, 7) is 4.34. The molecule has 1 amide bonds. The van der Waals surface area contributed by atoms with Crippen LogP contribution in [0.3, 0.4) is 0 Å². The van der Waals surface area contributed by atoms with E-state index < -0.39 is 5.97 Å². The number of carbonyl (C=O) groups is 2. The number of rotatable bonds is 9. The topological polar surface area (TPSA) is 64.6 Å². The van der Waals surface area contributed by atoms with Crippen LogP contribution < -0.4 is 10.1 Å². The van der Waals surface area contributed by atoms with E-state index in [0.29, 0.717) is 28.6 Å². The molecule has 0 spiro atoms. The third kappa shape index (κ3) is 6.09. The molecule has 0 fully saturated rings. The molecule has 1 aromatic heterocycles. The molecular weight excluding hydrogens is 434 g/mol. The molecule has 0 saturated heterocycles. The molecule has 0 saturated carbocycles. The van der Waals surface area contributed by atoms with Crippen molar-refractivity contribution in [1.29, 1.82) is 0 Å². The van der Waals surface area contributed by atoms with E-state index in [0.717, 1.165) is 22.4 Å². The number of halogens is 1. The molecule has 31 heavy (non-hydrogen) atoms. The normalized spacial score (nSPS) is 10.5. The van der Waals surface area contributed by atoms with Gasteiger partial charge in [-0.05, 0) is 49.6 Å². The molecule has 0 atom stereocenters. The lowest BCUT2D eigenvalue weighted by Gasteiger charge is -2.10. The van der Waals surface area contributed by atoms with E-state index in [2.05, 4.69) is 5.32 Å². The van der Waals surface area contributed by atoms with Gasteiger partial charge in [-0.1, -0.05) is 41.9 Å². The Hall–Kier alpha value is -2.83. The van der Waals surface area contributed by atoms with Gasteiger partial charge in [-0.25, -0.2) is 4.79 Å². The van der Waals surface area contributed by atoms with E-state index in [9.17, 15) is 9.59 Å². The standard InChI is InChI=1S/C24H24ClNO4S/c1-3-29-24(28)22-19(17-8-5-4-6-9-17)15-31-23(22)26-21(27)10-7-13-30-20-12-11-18(25)14-16(20)2/h4-6,8-9,11-12,14-15H,3,7,10,13H2,1-2H3,(H,26,27). The average molecular weight is 458 g/mol. The van der Waals surface area contributed by atoms with Crippen LogP contribution in [0.5, 0.6) is 5.75 Å². The van der Waals surface area contributed by atoms with Gasteiger partial charge in [0.25, 0.3) is 0 Å². The van der Waals surface area contributed by atoms with E-state index in [1.807, 2.05) is 54.8 Å². The number of nitrogens with one attached hydrogen (secondary N) is 1. The third-order valence-electron chi connectivity index (χ3n) is 4.55. The summed E-state index contributed by atoms with van der Waals surface area (Å²) in [6, 6.07) is 15.0. The molecule has 3 rings (SSSR count). The number of esters is 1. The van der Waals surface area contributed by atoms with Gasteiger partial charge in [0.1, 0.15) is 16.3 Å². The summed E-state index contributed by atoms with van der Waals surface area (Å²) < 4.78 is 11.0. The minimum atomic E-state index is -0.445. The van der Waals surface area contributed by atoms with Crippen molar-refractivity contribution in [3.8, 4) is 16.9 Å². The highest BCUT2D eigenvalue weighted by atomic mass is 35.5. The highest BCUT2D eigenvalue weighted by Crippen LogP contribution is 2.36. The zero-order valence-electron chi connectivity index (χ0n) is 17.4. The Balaban J connectivity index is 1.62. The van der Waals surface area contributed by atoms with Gasteiger partial charge >= 0.3 is 5.97 Å². The highest BCUT2D eigenvalue weighted by Gasteiger charge is 2.22. The quantitative estimate of drug-likeness (QED) is 0.300. The van der Waals surface area contributed by atoms with Crippen molar-refractivity contribution in [3.63, 3.8) is 0 Å². The molecule has 1 heterocycles. The molecule has 3 aromatic rings. The molecule has 7 heteroatoms. The minimum Gasteiger partial charge on any atom is -0.493 e. The lowest BCUT2D eigenvalue weighted by Crippen LogP contribution is -2.15. The maximum absolute atomic E-state index is 12.6. The summed E-state index contributed by atoms with van der Waals surface area (Å²) in [7, 11) is 0. The first-order chi connectivity index (χ1) is 15.0. The fourth-order valence-electron chi connectivity index (χ4n) is 3.06. The van der Waals surface area contributed by atoms with Gasteiger partial charge in [-0.2, -0.15) is 0 Å². The van der Waals surface area contributed by atoms with Crippen molar-refractivity contribution < 1.29 is 19.1 Å². The van der Waals surface area contributed by atoms with E-state index in [1.54, 1.807) is 13.0 Å². The molecule has 5 nitrogen and oxygen atoms in total. The van der Waals surface area contributed by atoms with Gasteiger partial charge in [0.2, 0.25) is 5.91 Å². The third-order valence-corrected chi connectivity index (χ3v) is 5.68. The predicted molar refractivity (Wildman–Crippen MR) is 125 cm³/mol. The molecule has 0 aliphatic carbocycles. The summed E-state index contributed by atoms with van der Waals surface area (Å²) in [4.78, 5) is 25.1. The van der Waals surface area contributed by atoms with Gasteiger partial charge in [-0.15, -0.1) is 11.3 Å². The summed E-state index contributed by atoms with van der Waals surface area (Å²) in [5.41, 5.74) is 2.98. The number of thiophene rings is 1. The van der Waals surface area contributed by atoms with Crippen molar-refractivity contribution in [2.75, 3.05) is 18.5 Å². The van der Waals surface area contributed by atoms with Gasteiger partial charge in [-0.3, -0.25) is 4.79 Å². The van der Waals surface area contributed by atoms with Gasteiger partial charge in [0.05, 0.1) is 13.2 Å². The minimum absolute atomic E-state index is 0.177. The van der Waals surface area contributed by atoms with Crippen LogP contribution in [-0.2, 0) is 9.53 Å². The summed E-state index contributed by atoms with van der Waals surface area (Å²) >= 11 is 7.27. The number of anilines is 1. The van der Waals surface area contributed by atoms with Crippen LogP contribution in [-0.4, -0.2) is 25.1 Å². The monoisotopic (exact) mass is 457 g/mol. The first kappa shape index (κ1) is 22.8. The molecule has 2 aromatic carbocycles. The Morgan fingerprint density at radius 1 is 1.13 bits per heavy atom. The van der Waals surface area contributed by atoms with E-state index in [4.69, 9.17) is 21.1 Å². The van der Waals surface area contributed by atoms with Crippen LogP contribution in [0.15, 0.2) is 53.9 Å². The molecule has 162 valence electrons. The van der Waals surface area contributed by atoms with Crippen molar-refractivity contribution in [3.05, 3.63) is 70.1 Å². The average Bonchev–Trinajstić information content (AvgIpc) is 3.17. The first-order valence-electron chi connectivity index (χ1n) is 10.0. The van der Waals surface area contributed by atoms with E-state index in [-0.39, 0.29) is 18.9 Å². The number of carbonyl (C=O) groups excluding carboxylic acids is 2. The Bertz CT molecular complexity index is 1050. The lowest BCUT2D eigenvalue weighted by molar-refractivity contribution is -0.116. The van der Waals surface area contributed by atoms with Crippen LogP contribution in [0.2, 0.25) is 5.02 Å². The van der Waals surface area contributed by atoms with Crippen molar-refractivity contribution >= 4 is 39.8 Å². The van der Waals surface area contributed by atoms with Gasteiger partial charge in [0, 0.05) is 22.4 Å². The number of aryl methyl sites for hydroxylation is 1. The SMILES string of the molecule is CCOC(=O)c1c(-c2ccccc2)csc1NC(=O)CCCOc1ccc(Cl)cc1C. The molecular formula is C24H24ClNO4S. The highest BCUT2D eigenvalue weighted by molar-refractivity contribution is 7.15. The second kappa shape index (κ2) is 11.0. The van der Waals surface area contributed by atoms with Crippen LogP contribution in [0.25, 0.3) is 11.1 Å². The number of hydrogen-bond donors (Lipinski definition) is 1. The van der Waals surface area contributed by atoms with Crippen molar-refractivity contribution in [2.45, 2.75) is 26.7 Å². The maximum atomic E-state index is 12.6. The smallest absolute Gasteiger partial charge is 0.341 e. The molecule has 0 radical (unpaired) electrons. The summed E-state index contributed by atoms with van der Waals surface area (Å²) in [5.74, 6) is 0.128. The maximum Gasteiger partial charge on any atom is 0.341 e. The van der Waals surface area contributed by atoms with Crippen molar-refractivity contribution in [2.24, 2.45) is 0 Å². The molecule has 0 unspecified atom stereocenters. The Kier molecular flexibility index (Phi) is 8.09. The van der Waals surface area contributed by atoms with Gasteiger partial charge in [0.15, 0.2) is 0 Å². The van der Waals surface area contributed by atoms with Crippen molar-refractivity contribution in [1.82, 2.24) is 0 Å². The molecule has 0 bridgehead atoms. The number of ether oxygens (including phenoxy) is 2. The number of hydrogen-bond acceptors (Lipinski definition) is 5. The summed E-state index contributed by atoms with van der Waals surface area (Å²) in [5, 5.41) is 5.88. The zero-order valence-corrected chi connectivity index (χ0v) is 19.0. The first-order valence-corrected chi connectivity index (χ1v) is 11.3.